The fraction of sp³-hybridized carbons (Fsp3) is 1.00. The van der Waals surface area contributed by atoms with Crippen LogP contribution in [0.2, 0.25) is 0 Å². The van der Waals surface area contributed by atoms with E-state index in [1.807, 2.05) is 11.8 Å². The normalized spacial score (nSPS) is 36.3. The van der Waals surface area contributed by atoms with Gasteiger partial charge in [-0.2, -0.15) is 0 Å². The third-order valence-corrected chi connectivity index (χ3v) is 2.04. The molecule has 0 aromatic carbocycles. The van der Waals surface area contributed by atoms with Gasteiger partial charge in [-0.1, -0.05) is 6.92 Å². The lowest BCUT2D eigenvalue weighted by atomic mass is 10.1. The van der Waals surface area contributed by atoms with E-state index < -0.39 is 12.3 Å². The summed E-state index contributed by atoms with van der Waals surface area (Å²) >= 11 is 0. The highest BCUT2D eigenvalue weighted by Crippen LogP contribution is 2.12. The van der Waals surface area contributed by atoms with Crippen molar-refractivity contribution >= 4 is 0 Å². The first kappa shape index (κ1) is 7.95. The third kappa shape index (κ3) is 1.67. The molecular weight excluding hydrogens is 133 g/mol. The Labute approximate surface area is 60.6 Å². The maximum Gasteiger partial charge on any atom is 0.138 e. The molecule has 2 atom stereocenters. The smallest absolute Gasteiger partial charge is 0.138 e. The van der Waals surface area contributed by atoms with Crippen molar-refractivity contribution in [2.45, 2.75) is 25.6 Å². The Morgan fingerprint density at radius 1 is 1.70 bits per heavy atom. The van der Waals surface area contributed by atoms with Gasteiger partial charge in [0.25, 0.3) is 0 Å². The van der Waals surface area contributed by atoms with E-state index in [-0.39, 0.29) is 0 Å². The van der Waals surface area contributed by atoms with E-state index in [1.165, 1.54) is 0 Å². The maximum absolute atomic E-state index is 12.7. The standard InChI is InChI=1S/C7H14FNO/c1-2-9-4-3-7(10)6(8)5-9/h6-7,10H,2-5H2,1H3. The average molecular weight is 147 g/mol. The molecule has 1 saturated heterocycles. The summed E-state index contributed by atoms with van der Waals surface area (Å²) in [6, 6.07) is 0. The molecule has 3 heteroatoms. The van der Waals surface area contributed by atoms with Gasteiger partial charge in [0, 0.05) is 13.1 Å². The molecule has 0 aromatic rings. The van der Waals surface area contributed by atoms with Crippen LogP contribution >= 0.6 is 0 Å². The Kier molecular flexibility index (Phi) is 2.63. The zero-order valence-electron chi connectivity index (χ0n) is 6.26. The van der Waals surface area contributed by atoms with Crippen LogP contribution in [0.5, 0.6) is 0 Å². The summed E-state index contributed by atoms with van der Waals surface area (Å²) in [5.74, 6) is 0. The molecule has 0 aliphatic carbocycles. The molecule has 0 saturated carbocycles. The minimum absolute atomic E-state index is 0.400. The van der Waals surface area contributed by atoms with Crippen LogP contribution in [0.15, 0.2) is 0 Å². The molecule has 1 rings (SSSR count). The van der Waals surface area contributed by atoms with Crippen molar-refractivity contribution in [2.75, 3.05) is 19.6 Å². The van der Waals surface area contributed by atoms with E-state index in [9.17, 15) is 4.39 Å². The molecule has 2 nitrogen and oxygen atoms in total. The Hall–Kier alpha value is -0.150. The van der Waals surface area contributed by atoms with Crippen molar-refractivity contribution < 1.29 is 9.50 Å². The summed E-state index contributed by atoms with van der Waals surface area (Å²) < 4.78 is 12.7. The fourth-order valence-corrected chi connectivity index (χ4v) is 1.24. The van der Waals surface area contributed by atoms with Crippen LogP contribution in [-0.2, 0) is 0 Å². The van der Waals surface area contributed by atoms with Gasteiger partial charge in [-0.3, -0.25) is 0 Å². The summed E-state index contributed by atoms with van der Waals surface area (Å²) in [6.45, 7) is 4.12. The van der Waals surface area contributed by atoms with Crippen molar-refractivity contribution in [1.29, 1.82) is 0 Å². The maximum atomic E-state index is 12.7. The van der Waals surface area contributed by atoms with Gasteiger partial charge in [0.1, 0.15) is 6.17 Å². The van der Waals surface area contributed by atoms with E-state index in [1.54, 1.807) is 0 Å². The summed E-state index contributed by atoms with van der Waals surface area (Å²) in [5.41, 5.74) is 0. The van der Waals surface area contributed by atoms with E-state index in [4.69, 9.17) is 5.11 Å². The number of halogens is 1. The lowest BCUT2D eigenvalue weighted by Gasteiger charge is -2.30. The molecule has 0 spiro atoms. The Morgan fingerprint density at radius 3 is 2.90 bits per heavy atom. The number of alkyl halides is 1. The summed E-state index contributed by atoms with van der Waals surface area (Å²) in [7, 11) is 0. The van der Waals surface area contributed by atoms with E-state index >= 15 is 0 Å². The van der Waals surface area contributed by atoms with Crippen molar-refractivity contribution in [3.05, 3.63) is 0 Å². The number of hydrogen-bond acceptors (Lipinski definition) is 2. The molecule has 1 N–H and O–H groups in total. The summed E-state index contributed by atoms with van der Waals surface area (Å²) in [6.07, 6.45) is -1.17. The van der Waals surface area contributed by atoms with Crippen LogP contribution in [0.4, 0.5) is 4.39 Å². The van der Waals surface area contributed by atoms with E-state index in [0.29, 0.717) is 13.0 Å². The van der Waals surface area contributed by atoms with Gasteiger partial charge < -0.3 is 10.0 Å². The second kappa shape index (κ2) is 3.30. The Bertz CT molecular complexity index is 110. The number of piperidine rings is 1. The molecule has 1 aliphatic heterocycles. The summed E-state index contributed by atoms with van der Waals surface area (Å²) in [5, 5.41) is 8.99. The molecule has 60 valence electrons. The molecular formula is C7H14FNO. The number of aliphatic hydroxyl groups is 1. The van der Waals surface area contributed by atoms with Gasteiger partial charge >= 0.3 is 0 Å². The van der Waals surface area contributed by atoms with Crippen LogP contribution in [0.3, 0.4) is 0 Å². The van der Waals surface area contributed by atoms with Gasteiger partial charge in [0.15, 0.2) is 0 Å². The topological polar surface area (TPSA) is 23.5 Å². The van der Waals surface area contributed by atoms with E-state index in [2.05, 4.69) is 0 Å². The van der Waals surface area contributed by atoms with Crippen molar-refractivity contribution in [3.8, 4) is 0 Å². The highest BCUT2D eigenvalue weighted by Gasteiger charge is 2.25. The minimum Gasteiger partial charge on any atom is -0.390 e. The van der Waals surface area contributed by atoms with Crippen molar-refractivity contribution in [2.24, 2.45) is 0 Å². The second-order valence-corrected chi connectivity index (χ2v) is 2.77. The van der Waals surface area contributed by atoms with Gasteiger partial charge in [0.05, 0.1) is 6.10 Å². The van der Waals surface area contributed by atoms with Crippen LogP contribution in [-0.4, -0.2) is 41.9 Å². The predicted octanol–water partition coefficient (Wildman–Crippen LogP) is 0.411. The molecule has 0 bridgehead atoms. The highest BCUT2D eigenvalue weighted by atomic mass is 19.1. The van der Waals surface area contributed by atoms with Crippen LogP contribution < -0.4 is 0 Å². The fourth-order valence-electron chi connectivity index (χ4n) is 1.24. The largest absolute Gasteiger partial charge is 0.390 e. The SMILES string of the molecule is CCN1CCC(O)C(F)C1. The zero-order chi connectivity index (χ0) is 7.56. The first-order valence-corrected chi connectivity index (χ1v) is 3.78. The first-order valence-electron chi connectivity index (χ1n) is 3.78. The number of rotatable bonds is 1. The molecule has 0 aromatic heterocycles. The zero-order valence-corrected chi connectivity index (χ0v) is 6.26. The van der Waals surface area contributed by atoms with Crippen LogP contribution in [0, 0.1) is 0 Å². The van der Waals surface area contributed by atoms with Crippen molar-refractivity contribution in [1.82, 2.24) is 4.90 Å². The lowest BCUT2D eigenvalue weighted by molar-refractivity contribution is 0.00833. The molecule has 1 aliphatic rings. The van der Waals surface area contributed by atoms with E-state index in [0.717, 1.165) is 13.1 Å². The summed E-state index contributed by atoms with van der Waals surface area (Å²) in [4.78, 5) is 2.01. The second-order valence-electron chi connectivity index (χ2n) is 2.77. The number of hydrogen-bond donors (Lipinski definition) is 1. The quantitative estimate of drug-likeness (QED) is 0.580. The molecule has 0 radical (unpaired) electrons. The van der Waals surface area contributed by atoms with Crippen LogP contribution in [0.1, 0.15) is 13.3 Å². The third-order valence-electron chi connectivity index (χ3n) is 2.04. The minimum atomic E-state index is -1.03. The van der Waals surface area contributed by atoms with Gasteiger partial charge in [0.2, 0.25) is 0 Å². The number of nitrogens with zero attached hydrogens (tertiary/aromatic N) is 1. The lowest BCUT2D eigenvalue weighted by Crippen LogP contribution is -2.44. The highest BCUT2D eigenvalue weighted by molar-refractivity contribution is 4.78. The van der Waals surface area contributed by atoms with Gasteiger partial charge in [-0.15, -0.1) is 0 Å². The Balaban J connectivity index is 2.33. The molecule has 2 unspecified atom stereocenters. The number of aliphatic hydroxyl groups excluding tert-OH is 1. The molecule has 0 amide bonds. The van der Waals surface area contributed by atoms with Crippen molar-refractivity contribution in [3.63, 3.8) is 0 Å². The number of likely N-dealkylation sites (tertiary alicyclic amines) is 1. The molecule has 10 heavy (non-hydrogen) atoms. The molecule has 1 fully saturated rings. The first-order chi connectivity index (χ1) is 4.74. The average Bonchev–Trinajstić information content (AvgIpc) is 1.95. The van der Waals surface area contributed by atoms with Crippen LogP contribution in [0.25, 0.3) is 0 Å². The molecule has 1 heterocycles. The predicted molar refractivity (Wildman–Crippen MR) is 37.6 cm³/mol. The van der Waals surface area contributed by atoms with Gasteiger partial charge in [-0.25, -0.2) is 4.39 Å². The Morgan fingerprint density at radius 2 is 2.40 bits per heavy atom. The van der Waals surface area contributed by atoms with Gasteiger partial charge in [-0.05, 0) is 13.0 Å². The monoisotopic (exact) mass is 147 g/mol.